The van der Waals surface area contributed by atoms with Gasteiger partial charge in [-0.3, -0.25) is 10.1 Å². The summed E-state index contributed by atoms with van der Waals surface area (Å²) in [5.41, 5.74) is 0.541. The number of aliphatic hydroxyl groups excluding tert-OH is 1. The minimum Gasteiger partial charge on any atom is -0.396 e. The average Bonchev–Trinajstić information content (AvgIpc) is 2.59. The summed E-state index contributed by atoms with van der Waals surface area (Å²) in [6.45, 7) is 1.65. The van der Waals surface area contributed by atoms with E-state index in [0.717, 1.165) is 16.1 Å². The van der Waals surface area contributed by atoms with Crippen molar-refractivity contribution in [3.8, 4) is 0 Å². The van der Waals surface area contributed by atoms with Gasteiger partial charge in [0.15, 0.2) is 0 Å². The zero-order valence-corrected chi connectivity index (χ0v) is 16.2. The van der Waals surface area contributed by atoms with Crippen LogP contribution in [0, 0.1) is 16.0 Å². The molecule has 26 heavy (non-hydrogen) atoms. The van der Waals surface area contributed by atoms with Crippen LogP contribution < -0.4 is 10.5 Å². The molecule has 140 valence electrons. The fourth-order valence-electron chi connectivity index (χ4n) is 2.46. The number of nitrogens with one attached hydrogen (secondary N) is 1. The minimum atomic E-state index is -4.06. The molecule has 0 unspecified atom stereocenters. The van der Waals surface area contributed by atoms with Crippen LogP contribution in [0.5, 0.6) is 0 Å². The Labute approximate surface area is 159 Å². The molecule has 2 aromatic carbocycles. The van der Waals surface area contributed by atoms with Crippen molar-refractivity contribution in [2.24, 2.45) is 11.1 Å². The van der Waals surface area contributed by atoms with Crippen LogP contribution in [0.15, 0.2) is 51.8 Å². The van der Waals surface area contributed by atoms with Gasteiger partial charge in [0.25, 0.3) is 5.69 Å². The van der Waals surface area contributed by atoms with E-state index in [-0.39, 0.29) is 23.1 Å². The quantitative estimate of drug-likeness (QED) is 0.444. The SMILES string of the molecule is C[C@H](CO)[C@@H](Nc1ccc(S(N)(=O)=O)cc1[N+](=O)[O-])c1ccc(Br)cc1. The van der Waals surface area contributed by atoms with Crippen molar-refractivity contribution in [1.82, 2.24) is 0 Å². The number of nitrogens with zero attached hydrogens (tertiary/aromatic N) is 1. The Balaban J connectivity index is 2.47. The Morgan fingerprint density at radius 1 is 1.27 bits per heavy atom. The topological polar surface area (TPSA) is 136 Å². The Morgan fingerprint density at radius 2 is 1.88 bits per heavy atom. The number of benzene rings is 2. The highest BCUT2D eigenvalue weighted by atomic mass is 79.9. The predicted octanol–water partition coefficient (Wildman–Crippen LogP) is 2.79. The molecule has 2 rings (SSSR count). The lowest BCUT2D eigenvalue weighted by Crippen LogP contribution is -2.22. The number of nitro benzene ring substituents is 1. The van der Waals surface area contributed by atoms with Gasteiger partial charge in [0.05, 0.1) is 15.9 Å². The Hall–Kier alpha value is -2.01. The molecule has 10 heteroatoms. The van der Waals surface area contributed by atoms with Crippen LogP contribution in [0.25, 0.3) is 0 Å². The van der Waals surface area contributed by atoms with Crippen LogP contribution in [0.4, 0.5) is 11.4 Å². The molecule has 0 bridgehead atoms. The summed E-state index contributed by atoms with van der Waals surface area (Å²) in [6, 6.07) is 10.3. The number of primary sulfonamides is 1. The molecule has 8 nitrogen and oxygen atoms in total. The van der Waals surface area contributed by atoms with Gasteiger partial charge >= 0.3 is 0 Å². The van der Waals surface area contributed by atoms with Gasteiger partial charge in [-0.2, -0.15) is 0 Å². The summed E-state index contributed by atoms with van der Waals surface area (Å²) < 4.78 is 23.8. The third kappa shape index (κ3) is 4.79. The van der Waals surface area contributed by atoms with Crippen LogP contribution in [0.3, 0.4) is 0 Å². The number of halogens is 1. The van der Waals surface area contributed by atoms with Crippen LogP contribution in [-0.2, 0) is 10.0 Å². The second-order valence-corrected chi connectivity index (χ2v) is 8.29. The number of aliphatic hydroxyl groups is 1. The van der Waals surface area contributed by atoms with E-state index in [9.17, 15) is 23.6 Å². The van der Waals surface area contributed by atoms with Crippen molar-refractivity contribution in [2.75, 3.05) is 11.9 Å². The van der Waals surface area contributed by atoms with Crippen LogP contribution in [0.1, 0.15) is 18.5 Å². The maximum absolute atomic E-state index is 11.4. The second-order valence-electron chi connectivity index (χ2n) is 5.81. The first-order chi connectivity index (χ1) is 12.1. The van der Waals surface area contributed by atoms with Crippen molar-refractivity contribution < 1.29 is 18.4 Å². The molecule has 2 aromatic rings. The second kappa shape index (κ2) is 8.12. The average molecular weight is 444 g/mol. The molecule has 0 aliphatic rings. The van der Waals surface area contributed by atoms with E-state index < -0.39 is 26.7 Å². The predicted molar refractivity (Wildman–Crippen MR) is 101 cm³/mol. The number of anilines is 1. The lowest BCUT2D eigenvalue weighted by Gasteiger charge is -2.25. The molecule has 0 fully saturated rings. The highest BCUT2D eigenvalue weighted by molar-refractivity contribution is 9.10. The highest BCUT2D eigenvalue weighted by Crippen LogP contribution is 2.33. The van der Waals surface area contributed by atoms with Crippen LogP contribution in [0.2, 0.25) is 0 Å². The first-order valence-electron chi connectivity index (χ1n) is 7.57. The molecular weight excluding hydrogens is 426 g/mol. The lowest BCUT2D eigenvalue weighted by atomic mass is 9.94. The zero-order valence-electron chi connectivity index (χ0n) is 13.8. The van der Waals surface area contributed by atoms with Crippen molar-refractivity contribution in [2.45, 2.75) is 17.9 Å². The number of nitro groups is 1. The van der Waals surface area contributed by atoms with Crippen molar-refractivity contribution in [3.05, 3.63) is 62.6 Å². The van der Waals surface area contributed by atoms with Crippen molar-refractivity contribution >= 4 is 37.3 Å². The molecule has 0 saturated carbocycles. The molecule has 4 N–H and O–H groups in total. The van der Waals surface area contributed by atoms with Gasteiger partial charge in [-0.25, -0.2) is 13.6 Å². The first kappa shape index (κ1) is 20.3. The third-order valence-electron chi connectivity index (χ3n) is 3.89. The fraction of sp³-hybridized carbons (Fsp3) is 0.250. The maximum Gasteiger partial charge on any atom is 0.293 e. The fourth-order valence-corrected chi connectivity index (χ4v) is 3.26. The van der Waals surface area contributed by atoms with Gasteiger partial charge < -0.3 is 10.4 Å². The summed E-state index contributed by atoms with van der Waals surface area (Å²) in [5, 5.41) is 29.0. The minimum absolute atomic E-state index is 0.135. The third-order valence-corrected chi connectivity index (χ3v) is 5.33. The molecule has 0 aliphatic heterocycles. The van der Waals surface area contributed by atoms with Gasteiger partial charge in [0.1, 0.15) is 5.69 Å². The van der Waals surface area contributed by atoms with E-state index in [0.29, 0.717) is 0 Å². The largest absolute Gasteiger partial charge is 0.396 e. The molecule has 0 heterocycles. The standard InChI is InChI=1S/C16H18BrN3O5S/c1-10(9-21)16(11-2-4-12(17)5-3-11)19-14-7-6-13(26(18,24)25)8-15(14)20(22)23/h2-8,10,16,19,21H,9H2,1H3,(H2,18,24,25)/t10-,16-/m1/s1. The molecule has 0 spiro atoms. The zero-order chi connectivity index (χ0) is 19.5. The van der Waals surface area contributed by atoms with E-state index in [1.54, 1.807) is 6.92 Å². The number of hydrogen-bond donors (Lipinski definition) is 3. The summed E-state index contributed by atoms with van der Waals surface area (Å²) in [5.74, 6) is -0.256. The normalized spacial score (nSPS) is 13.8. The van der Waals surface area contributed by atoms with Crippen LogP contribution in [-0.4, -0.2) is 25.1 Å². The molecular formula is C16H18BrN3O5S. The van der Waals surface area contributed by atoms with E-state index in [1.807, 2.05) is 24.3 Å². The number of nitrogens with two attached hydrogens (primary N) is 1. The monoisotopic (exact) mass is 443 g/mol. The Morgan fingerprint density at radius 3 is 2.38 bits per heavy atom. The van der Waals surface area contributed by atoms with E-state index in [1.165, 1.54) is 12.1 Å². The molecule has 0 aromatic heterocycles. The Kier molecular flexibility index (Phi) is 6.34. The van der Waals surface area contributed by atoms with Gasteiger partial charge in [-0.15, -0.1) is 0 Å². The van der Waals surface area contributed by atoms with E-state index >= 15 is 0 Å². The number of sulfonamides is 1. The van der Waals surface area contributed by atoms with Gasteiger partial charge in [-0.05, 0) is 29.8 Å². The molecule has 2 atom stereocenters. The summed E-state index contributed by atoms with van der Waals surface area (Å²) >= 11 is 3.34. The molecule has 0 aliphatic carbocycles. The van der Waals surface area contributed by atoms with Gasteiger partial charge in [0.2, 0.25) is 10.0 Å². The van der Waals surface area contributed by atoms with Crippen molar-refractivity contribution in [3.63, 3.8) is 0 Å². The Bertz CT molecular complexity index is 903. The first-order valence-corrected chi connectivity index (χ1v) is 9.91. The number of hydrogen-bond acceptors (Lipinski definition) is 6. The summed E-state index contributed by atoms with van der Waals surface area (Å²) in [6.07, 6.45) is 0. The molecule has 0 radical (unpaired) electrons. The summed E-state index contributed by atoms with van der Waals surface area (Å²) in [4.78, 5) is 10.4. The number of rotatable bonds is 7. The smallest absolute Gasteiger partial charge is 0.293 e. The summed E-state index contributed by atoms with van der Waals surface area (Å²) in [7, 11) is -4.06. The highest BCUT2D eigenvalue weighted by Gasteiger charge is 2.24. The van der Waals surface area contributed by atoms with Crippen LogP contribution >= 0.6 is 15.9 Å². The molecule has 0 saturated heterocycles. The van der Waals surface area contributed by atoms with E-state index in [4.69, 9.17) is 5.14 Å². The van der Waals surface area contributed by atoms with Gasteiger partial charge in [-0.1, -0.05) is 35.0 Å². The lowest BCUT2D eigenvalue weighted by molar-refractivity contribution is -0.384. The molecule has 0 amide bonds. The van der Waals surface area contributed by atoms with Gasteiger partial charge in [0, 0.05) is 23.1 Å². The maximum atomic E-state index is 11.4. The van der Waals surface area contributed by atoms with E-state index in [2.05, 4.69) is 21.2 Å². The van der Waals surface area contributed by atoms with Crippen molar-refractivity contribution in [1.29, 1.82) is 0 Å².